The third kappa shape index (κ3) is 3.48. The Hall–Kier alpha value is -2.66. The number of amides is 1. The summed E-state index contributed by atoms with van der Waals surface area (Å²) in [6.45, 7) is 1.17. The predicted molar refractivity (Wildman–Crippen MR) is 97.4 cm³/mol. The number of hydrazine groups is 1. The Morgan fingerprint density at radius 1 is 1.27 bits per heavy atom. The van der Waals surface area contributed by atoms with Gasteiger partial charge in [-0.2, -0.15) is 0 Å². The van der Waals surface area contributed by atoms with E-state index in [2.05, 4.69) is 15.6 Å². The van der Waals surface area contributed by atoms with Crippen molar-refractivity contribution in [3.8, 4) is 11.5 Å². The highest BCUT2D eigenvalue weighted by molar-refractivity contribution is 7.99. The number of methoxy groups -OCH3 is 2. The molecule has 0 unspecified atom stereocenters. The molecule has 0 bridgehead atoms. The maximum Gasteiger partial charge on any atom is 0.258 e. The van der Waals surface area contributed by atoms with Crippen LogP contribution in [-0.4, -0.2) is 52.2 Å². The zero-order valence-corrected chi connectivity index (χ0v) is 15.4. The fraction of sp³-hybridized carbons (Fsp3) is 0.400. The topological polar surface area (TPSA) is 134 Å². The van der Waals surface area contributed by atoms with Crippen molar-refractivity contribution in [3.05, 3.63) is 23.3 Å². The molecule has 3 rings (SSSR count). The molecule has 10 nitrogen and oxygen atoms in total. The SMILES string of the molecule is COc1cc2c(cc1OC)CN(C(=O)CSc1nnc(NN)n1N)CC2. The number of carbonyl (C=O) groups is 1. The van der Waals surface area contributed by atoms with Gasteiger partial charge in [0, 0.05) is 13.1 Å². The molecule has 140 valence electrons. The quantitative estimate of drug-likeness (QED) is 0.359. The number of carbonyl (C=O) groups excluding carboxylic acids is 1. The summed E-state index contributed by atoms with van der Waals surface area (Å²) < 4.78 is 11.9. The Morgan fingerprint density at radius 3 is 2.58 bits per heavy atom. The number of benzene rings is 1. The molecule has 1 amide bonds. The summed E-state index contributed by atoms with van der Waals surface area (Å²) in [6.07, 6.45) is 0.764. The minimum atomic E-state index is 0.000641. The van der Waals surface area contributed by atoms with Gasteiger partial charge in [-0.25, -0.2) is 10.5 Å². The smallest absolute Gasteiger partial charge is 0.258 e. The first-order valence-corrected chi connectivity index (χ1v) is 8.87. The molecule has 11 heteroatoms. The fourth-order valence-corrected chi connectivity index (χ4v) is 3.55. The Labute approximate surface area is 154 Å². The number of nitrogens with one attached hydrogen (secondary N) is 1. The zero-order chi connectivity index (χ0) is 18.7. The van der Waals surface area contributed by atoms with Crippen LogP contribution in [0.2, 0.25) is 0 Å². The molecule has 1 aliphatic heterocycles. The molecule has 0 atom stereocenters. The normalized spacial score (nSPS) is 13.3. The van der Waals surface area contributed by atoms with Crippen LogP contribution in [-0.2, 0) is 17.8 Å². The van der Waals surface area contributed by atoms with E-state index < -0.39 is 0 Å². The second kappa shape index (κ2) is 7.70. The van der Waals surface area contributed by atoms with Crippen LogP contribution in [0.3, 0.4) is 0 Å². The van der Waals surface area contributed by atoms with Gasteiger partial charge in [-0.3, -0.25) is 10.2 Å². The molecule has 1 aromatic heterocycles. The first-order chi connectivity index (χ1) is 12.6. The number of aromatic nitrogens is 3. The van der Waals surface area contributed by atoms with Crippen molar-refractivity contribution < 1.29 is 14.3 Å². The van der Waals surface area contributed by atoms with E-state index in [1.54, 1.807) is 19.1 Å². The van der Waals surface area contributed by atoms with Crippen LogP contribution in [0, 0.1) is 0 Å². The van der Waals surface area contributed by atoms with Crippen molar-refractivity contribution in [2.45, 2.75) is 18.1 Å². The molecule has 26 heavy (non-hydrogen) atoms. The lowest BCUT2D eigenvalue weighted by Gasteiger charge is -2.29. The predicted octanol–water partition coefficient (Wildman–Crippen LogP) is -0.0283. The monoisotopic (exact) mass is 379 g/mol. The van der Waals surface area contributed by atoms with Crippen molar-refractivity contribution in [3.63, 3.8) is 0 Å². The molecule has 0 aliphatic carbocycles. The van der Waals surface area contributed by atoms with Crippen LogP contribution in [0.15, 0.2) is 17.3 Å². The molecule has 0 radical (unpaired) electrons. The Balaban J connectivity index is 1.66. The highest BCUT2D eigenvalue weighted by Gasteiger charge is 2.23. The number of nitrogens with zero attached hydrogens (tertiary/aromatic N) is 4. The molecule has 0 fully saturated rings. The van der Waals surface area contributed by atoms with Gasteiger partial charge in [0.2, 0.25) is 11.1 Å². The van der Waals surface area contributed by atoms with Crippen LogP contribution >= 0.6 is 11.8 Å². The van der Waals surface area contributed by atoms with Crippen LogP contribution in [0.25, 0.3) is 0 Å². The van der Waals surface area contributed by atoms with Gasteiger partial charge in [0.1, 0.15) is 0 Å². The van der Waals surface area contributed by atoms with E-state index in [4.69, 9.17) is 21.2 Å². The van der Waals surface area contributed by atoms with Crippen molar-refractivity contribution >= 4 is 23.6 Å². The Kier molecular flexibility index (Phi) is 5.38. The van der Waals surface area contributed by atoms with E-state index in [1.165, 1.54) is 22.0 Å². The average Bonchev–Trinajstić information content (AvgIpc) is 3.03. The fourth-order valence-electron chi connectivity index (χ4n) is 2.79. The van der Waals surface area contributed by atoms with Gasteiger partial charge >= 0.3 is 0 Å². The minimum absolute atomic E-state index is 0.000641. The second-order valence-corrected chi connectivity index (χ2v) is 6.59. The summed E-state index contributed by atoms with van der Waals surface area (Å²) in [4.78, 5) is 14.4. The summed E-state index contributed by atoms with van der Waals surface area (Å²) in [7, 11) is 3.21. The Morgan fingerprint density at radius 2 is 1.96 bits per heavy atom. The first kappa shape index (κ1) is 18.1. The number of nitrogen functional groups attached to an aromatic ring is 2. The lowest BCUT2D eigenvalue weighted by atomic mass is 9.99. The van der Waals surface area contributed by atoms with E-state index >= 15 is 0 Å². The van der Waals surface area contributed by atoms with E-state index in [0.29, 0.717) is 29.7 Å². The summed E-state index contributed by atoms with van der Waals surface area (Å²) in [5, 5.41) is 8.07. The summed E-state index contributed by atoms with van der Waals surface area (Å²) >= 11 is 1.21. The number of rotatable bonds is 6. The Bertz CT molecular complexity index is 811. The van der Waals surface area contributed by atoms with Gasteiger partial charge in [0.25, 0.3) is 5.95 Å². The van der Waals surface area contributed by atoms with Crippen molar-refractivity contribution in [2.24, 2.45) is 5.84 Å². The standard InChI is InChI=1S/C15H21N7O3S/c1-24-11-5-9-3-4-21(7-10(9)6-12(11)25-2)13(23)8-26-15-20-19-14(18-16)22(15)17/h5-6H,3-4,7-8,16-17H2,1-2H3,(H,18,19). The van der Waals surface area contributed by atoms with Gasteiger partial charge < -0.3 is 20.2 Å². The molecule has 0 saturated carbocycles. The van der Waals surface area contributed by atoms with Crippen LogP contribution in [0.5, 0.6) is 11.5 Å². The van der Waals surface area contributed by atoms with Crippen molar-refractivity contribution in [1.82, 2.24) is 19.8 Å². The van der Waals surface area contributed by atoms with Gasteiger partial charge in [-0.05, 0) is 29.7 Å². The molecule has 1 aromatic carbocycles. The molecular formula is C15H21N7O3S. The largest absolute Gasteiger partial charge is 0.493 e. The van der Waals surface area contributed by atoms with Gasteiger partial charge in [-0.15, -0.1) is 10.2 Å². The molecule has 0 spiro atoms. The summed E-state index contributed by atoms with van der Waals surface area (Å²) in [6, 6.07) is 3.90. The second-order valence-electron chi connectivity index (χ2n) is 5.65. The third-order valence-corrected chi connectivity index (χ3v) is 5.12. The third-order valence-electron chi connectivity index (χ3n) is 4.19. The molecule has 2 aromatic rings. The minimum Gasteiger partial charge on any atom is -0.493 e. The van der Waals surface area contributed by atoms with Crippen molar-refractivity contribution in [1.29, 1.82) is 0 Å². The highest BCUT2D eigenvalue weighted by atomic mass is 32.2. The van der Waals surface area contributed by atoms with Gasteiger partial charge in [0.05, 0.1) is 20.0 Å². The number of hydrogen-bond acceptors (Lipinski definition) is 9. The number of ether oxygens (including phenoxy) is 2. The highest BCUT2D eigenvalue weighted by Crippen LogP contribution is 2.33. The summed E-state index contributed by atoms with van der Waals surface area (Å²) in [5.74, 6) is 12.9. The number of anilines is 1. The molecule has 0 saturated heterocycles. The maximum absolute atomic E-state index is 12.6. The first-order valence-electron chi connectivity index (χ1n) is 7.88. The van der Waals surface area contributed by atoms with Gasteiger partial charge in [-0.1, -0.05) is 11.8 Å². The number of nitrogens with two attached hydrogens (primary N) is 2. The lowest BCUT2D eigenvalue weighted by Crippen LogP contribution is -2.37. The maximum atomic E-state index is 12.6. The molecule has 1 aliphatic rings. The summed E-state index contributed by atoms with van der Waals surface area (Å²) in [5.41, 5.74) is 4.56. The molecular weight excluding hydrogens is 358 g/mol. The van der Waals surface area contributed by atoms with E-state index in [1.807, 2.05) is 12.1 Å². The van der Waals surface area contributed by atoms with E-state index in [-0.39, 0.29) is 17.6 Å². The zero-order valence-electron chi connectivity index (χ0n) is 14.6. The van der Waals surface area contributed by atoms with Crippen molar-refractivity contribution in [2.75, 3.05) is 37.8 Å². The van der Waals surface area contributed by atoms with Gasteiger partial charge in [0.15, 0.2) is 11.5 Å². The number of fused-ring (bicyclic) bond motifs is 1. The average molecular weight is 379 g/mol. The number of thioether (sulfide) groups is 1. The van der Waals surface area contributed by atoms with Crippen LogP contribution in [0.4, 0.5) is 5.95 Å². The molecule has 5 N–H and O–H groups in total. The lowest BCUT2D eigenvalue weighted by molar-refractivity contribution is -0.129. The van der Waals surface area contributed by atoms with Crippen LogP contribution < -0.4 is 26.6 Å². The van der Waals surface area contributed by atoms with Crippen LogP contribution in [0.1, 0.15) is 11.1 Å². The van der Waals surface area contributed by atoms with E-state index in [9.17, 15) is 4.79 Å². The van der Waals surface area contributed by atoms with E-state index in [0.717, 1.165) is 12.0 Å². The molecule has 2 heterocycles. The number of hydrogen-bond donors (Lipinski definition) is 3.